The fourth-order valence-corrected chi connectivity index (χ4v) is 4.71. The number of halogens is 1. The van der Waals surface area contributed by atoms with E-state index in [2.05, 4.69) is 29.8 Å². The number of hydrogen-bond donors (Lipinski definition) is 0. The van der Waals surface area contributed by atoms with Gasteiger partial charge in [-0.2, -0.15) is 0 Å². The van der Waals surface area contributed by atoms with E-state index in [1.165, 1.54) is 19.8 Å². The van der Waals surface area contributed by atoms with Crippen molar-refractivity contribution in [3.8, 4) is 0 Å². The van der Waals surface area contributed by atoms with Gasteiger partial charge < -0.3 is 4.74 Å². The summed E-state index contributed by atoms with van der Waals surface area (Å²) in [5.41, 5.74) is 0.472. The van der Waals surface area contributed by atoms with Crippen molar-refractivity contribution in [2.24, 2.45) is 16.7 Å². The number of ether oxygens (including phenoxy) is 1. The third kappa shape index (κ3) is 1.38. The Balaban J connectivity index is 2.25. The van der Waals surface area contributed by atoms with E-state index in [4.69, 9.17) is 4.74 Å². The summed E-state index contributed by atoms with van der Waals surface area (Å²) in [7, 11) is 0. The normalized spacial score (nSPS) is 48.3. The molecule has 2 aliphatic rings. The molecule has 2 saturated carbocycles. The van der Waals surface area contributed by atoms with E-state index in [-0.39, 0.29) is 17.5 Å². The second kappa shape index (κ2) is 3.47. The Morgan fingerprint density at radius 1 is 1.53 bits per heavy atom. The number of fused-ring (bicyclic) bond motifs is 2. The van der Waals surface area contributed by atoms with Gasteiger partial charge in [-0.15, -0.1) is 0 Å². The minimum atomic E-state index is -0.134. The molecular formula is C12H19BrO2. The van der Waals surface area contributed by atoms with E-state index in [0.29, 0.717) is 11.3 Å². The van der Waals surface area contributed by atoms with Crippen molar-refractivity contribution in [3.63, 3.8) is 0 Å². The van der Waals surface area contributed by atoms with Gasteiger partial charge in [-0.3, -0.25) is 4.79 Å². The lowest BCUT2D eigenvalue weighted by atomic mass is 9.70. The van der Waals surface area contributed by atoms with Gasteiger partial charge in [-0.05, 0) is 30.6 Å². The zero-order chi connectivity index (χ0) is 11.3. The molecule has 3 heteroatoms. The summed E-state index contributed by atoms with van der Waals surface area (Å²) in [5, 5.41) is 1.01. The Bertz CT molecular complexity index is 291. The van der Waals surface area contributed by atoms with E-state index >= 15 is 0 Å². The number of rotatable bonds is 2. The monoisotopic (exact) mass is 274 g/mol. The fraction of sp³-hybridized carbons (Fsp3) is 0.917. The van der Waals surface area contributed by atoms with Crippen LogP contribution >= 0.6 is 15.9 Å². The highest BCUT2D eigenvalue weighted by Gasteiger charge is 2.64. The molecule has 0 radical (unpaired) electrons. The van der Waals surface area contributed by atoms with Crippen LogP contribution in [0.2, 0.25) is 0 Å². The zero-order valence-corrected chi connectivity index (χ0v) is 11.3. The second-order valence-corrected chi connectivity index (χ2v) is 6.10. The molecule has 2 bridgehead atoms. The van der Waals surface area contributed by atoms with Crippen LogP contribution in [0.15, 0.2) is 0 Å². The Labute approximate surface area is 99.9 Å². The van der Waals surface area contributed by atoms with Crippen molar-refractivity contribution in [3.05, 3.63) is 0 Å². The Hall–Kier alpha value is -0.0500. The molecule has 2 rings (SSSR count). The lowest BCUT2D eigenvalue weighted by Gasteiger charge is -2.39. The number of hydrogen-bond acceptors (Lipinski definition) is 2. The molecule has 0 N–H and O–H groups in total. The molecule has 0 aromatic heterocycles. The second-order valence-electron chi connectivity index (χ2n) is 5.54. The summed E-state index contributed by atoms with van der Waals surface area (Å²) >= 11 is 3.64. The first-order valence-corrected chi connectivity index (χ1v) is 6.79. The van der Waals surface area contributed by atoms with Crippen LogP contribution in [0.3, 0.4) is 0 Å². The molecule has 0 spiro atoms. The molecule has 0 saturated heterocycles. The fourth-order valence-electron chi connectivity index (χ4n) is 3.61. The van der Waals surface area contributed by atoms with Gasteiger partial charge in [0.2, 0.25) is 0 Å². The van der Waals surface area contributed by atoms with Gasteiger partial charge in [0.1, 0.15) is 6.10 Å². The molecule has 0 amide bonds. The quantitative estimate of drug-likeness (QED) is 0.571. The van der Waals surface area contributed by atoms with Crippen molar-refractivity contribution in [1.29, 1.82) is 0 Å². The van der Waals surface area contributed by atoms with E-state index in [1.807, 2.05) is 0 Å². The maximum atomic E-state index is 11.1. The number of esters is 1. The van der Waals surface area contributed by atoms with Crippen LogP contribution in [0, 0.1) is 16.7 Å². The van der Waals surface area contributed by atoms with Crippen molar-refractivity contribution in [2.45, 2.75) is 46.1 Å². The molecule has 86 valence electrons. The van der Waals surface area contributed by atoms with E-state index in [0.717, 1.165) is 11.8 Å². The van der Waals surface area contributed by atoms with Crippen LogP contribution in [-0.4, -0.2) is 17.4 Å². The number of carbonyl (C=O) groups is 1. The predicted octanol–water partition coefficient (Wildman–Crippen LogP) is 3.14. The topological polar surface area (TPSA) is 26.3 Å². The van der Waals surface area contributed by atoms with Crippen molar-refractivity contribution < 1.29 is 9.53 Å². The lowest BCUT2D eigenvalue weighted by molar-refractivity contribution is -0.153. The van der Waals surface area contributed by atoms with Crippen LogP contribution in [-0.2, 0) is 9.53 Å². The summed E-state index contributed by atoms with van der Waals surface area (Å²) in [5.74, 6) is 0.580. The molecule has 0 aromatic carbocycles. The lowest BCUT2D eigenvalue weighted by Crippen LogP contribution is -2.40. The van der Waals surface area contributed by atoms with Crippen molar-refractivity contribution >= 4 is 21.9 Å². The maximum absolute atomic E-state index is 11.1. The molecule has 0 aliphatic heterocycles. The van der Waals surface area contributed by atoms with E-state index in [9.17, 15) is 4.79 Å². The largest absolute Gasteiger partial charge is 0.462 e. The average Bonchev–Trinajstić information content (AvgIpc) is 2.52. The van der Waals surface area contributed by atoms with Gasteiger partial charge in [0.05, 0.1) is 0 Å². The zero-order valence-electron chi connectivity index (χ0n) is 9.68. The first-order valence-electron chi connectivity index (χ1n) is 5.67. The first-order chi connectivity index (χ1) is 6.94. The molecule has 0 unspecified atom stereocenters. The van der Waals surface area contributed by atoms with E-state index < -0.39 is 0 Å². The van der Waals surface area contributed by atoms with Gasteiger partial charge >= 0.3 is 5.97 Å². The molecule has 4 atom stereocenters. The summed E-state index contributed by atoms with van der Waals surface area (Å²) in [6.45, 7) is 6.14. The van der Waals surface area contributed by atoms with Crippen LogP contribution in [0.1, 0.15) is 40.0 Å². The molecule has 2 aliphatic carbocycles. The Morgan fingerprint density at radius 2 is 2.20 bits per heavy atom. The van der Waals surface area contributed by atoms with Gasteiger partial charge in [0.15, 0.2) is 0 Å². The SMILES string of the molecule is CC(=O)O[C@H]1C[C@H]2CC[C@@]1(C)[C@@]2(C)CBr. The smallest absolute Gasteiger partial charge is 0.302 e. The van der Waals surface area contributed by atoms with Crippen molar-refractivity contribution in [2.75, 3.05) is 5.33 Å². The molecular weight excluding hydrogens is 256 g/mol. The van der Waals surface area contributed by atoms with E-state index in [1.54, 1.807) is 0 Å². The highest BCUT2D eigenvalue weighted by atomic mass is 79.9. The highest BCUT2D eigenvalue weighted by molar-refractivity contribution is 9.09. The van der Waals surface area contributed by atoms with Crippen LogP contribution in [0.25, 0.3) is 0 Å². The molecule has 15 heavy (non-hydrogen) atoms. The van der Waals surface area contributed by atoms with Crippen LogP contribution in [0.5, 0.6) is 0 Å². The summed E-state index contributed by atoms with van der Waals surface area (Å²) in [6, 6.07) is 0. The van der Waals surface area contributed by atoms with Gasteiger partial charge in [0, 0.05) is 17.7 Å². The van der Waals surface area contributed by atoms with Crippen LogP contribution in [0.4, 0.5) is 0 Å². The van der Waals surface area contributed by atoms with Crippen LogP contribution < -0.4 is 0 Å². The predicted molar refractivity (Wildman–Crippen MR) is 62.9 cm³/mol. The third-order valence-corrected chi connectivity index (χ3v) is 6.18. The Kier molecular flexibility index (Phi) is 2.65. The number of carbonyl (C=O) groups excluding carboxylic acids is 1. The molecule has 0 heterocycles. The first kappa shape index (κ1) is 11.4. The molecule has 0 aromatic rings. The minimum Gasteiger partial charge on any atom is -0.462 e. The summed E-state index contributed by atoms with van der Waals surface area (Å²) in [6.07, 6.45) is 3.67. The third-order valence-electron chi connectivity index (χ3n) is 5.01. The highest BCUT2D eigenvalue weighted by Crippen LogP contribution is 2.66. The molecule has 2 fully saturated rings. The molecule has 2 nitrogen and oxygen atoms in total. The minimum absolute atomic E-state index is 0.134. The summed E-state index contributed by atoms with van der Waals surface area (Å²) in [4.78, 5) is 11.1. The summed E-state index contributed by atoms with van der Waals surface area (Å²) < 4.78 is 5.49. The standard InChI is InChI=1S/C12H19BrO2/c1-8(14)15-10-6-9-4-5-11(10,2)12(9,3)7-13/h9-10H,4-7H2,1-3H3/t9-,10+,11-,12+/m1/s1. The number of alkyl halides is 1. The van der Waals surface area contributed by atoms with Crippen molar-refractivity contribution in [1.82, 2.24) is 0 Å². The van der Waals surface area contributed by atoms with Gasteiger partial charge in [-0.1, -0.05) is 29.8 Å². The van der Waals surface area contributed by atoms with Gasteiger partial charge in [-0.25, -0.2) is 0 Å². The maximum Gasteiger partial charge on any atom is 0.302 e. The Morgan fingerprint density at radius 3 is 2.67 bits per heavy atom. The van der Waals surface area contributed by atoms with Gasteiger partial charge in [0.25, 0.3) is 0 Å². The average molecular weight is 275 g/mol.